The lowest BCUT2D eigenvalue weighted by atomic mass is 9.68. The number of hydrogen-bond donors (Lipinski definition) is 1. The van der Waals surface area contributed by atoms with Crippen LogP contribution in [0.1, 0.15) is 30.8 Å². The maximum absolute atomic E-state index is 9.65. The SMILES string of the molecule is Cc1cc(-c2ccncc2)nc(C2(CO)CCC2)n1. The molecule has 1 aliphatic carbocycles. The van der Waals surface area contributed by atoms with Gasteiger partial charge in [-0.3, -0.25) is 4.98 Å². The van der Waals surface area contributed by atoms with E-state index in [0.29, 0.717) is 0 Å². The molecule has 0 aromatic carbocycles. The van der Waals surface area contributed by atoms with Gasteiger partial charge in [-0.25, -0.2) is 9.97 Å². The van der Waals surface area contributed by atoms with Crippen molar-refractivity contribution in [2.75, 3.05) is 6.61 Å². The predicted octanol–water partition coefficient (Wildman–Crippen LogP) is 2.26. The molecule has 2 aromatic heterocycles. The number of rotatable bonds is 3. The second-order valence-electron chi connectivity index (χ2n) is 5.25. The van der Waals surface area contributed by atoms with Gasteiger partial charge in [-0.05, 0) is 38.0 Å². The van der Waals surface area contributed by atoms with Crippen LogP contribution in [0.25, 0.3) is 11.3 Å². The van der Waals surface area contributed by atoms with Gasteiger partial charge in [-0.2, -0.15) is 0 Å². The van der Waals surface area contributed by atoms with Gasteiger partial charge in [0.2, 0.25) is 0 Å². The molecule has 98 valence electrons. The molecule has 0 saturated heterocycles. The fourth-order valence-corrected chi connectivity index (χ4v) is 2.53. The number of aliphatic hydroxyl groups is 1. The predicted molar refractivity (Wildman–Crippen MR) is 72.6 cm³/mol. The molecule has 0 spiro atoms. The molecule has 19 heavy (non-hydrogen) atoms. The van der Waals surface area contributed by atoms with Crippen molar-refractivity contribution in [3.63, 3.8) is 0 Å². The van der Waals surface area contributed by atoms with Crippen molar-refractivity contribution in [2.24, 2.45) is 0 Å². The van der Waals surface area contributed by atoms with Crippen molar-refractivity contribution >= 4 is 0 Å². The van der Waals surface area contributed by atoms with Crippen molar-refractivity contribution in [3.8, 4) is 11.3 Å². The lowest BCUT2D eigenvalue weighted by molar-refractivity contribution is 0.112. The van der Waals surface area contributed by atoms with Crippen LogP contribution in [0.2, 0.25) is 0 Å². The van der Waals surface area contributed by atoms with E-state index in [-0.39, 0.29) is 12.0 Å². The van der Waals surface area contributed by atoms with Gasteiger partial charge in [0.15, 0.2) is 0 Å². The van der Waals surface area contributed by atoms with E-state index in [0.717, 1.165) is 42.0 Å². The molecule has 1 N–H and O–H groups in total. The molecule has 4 heteroatoms. The zero-order chi connectivity index (χ0) is 13.3. The van der Waals surface area contributed by atoms with Gasteiger partial charge in [-0.1, -0.05) is 6.42 Å². The van der Waals surface area contributed by atoms with Gasteiger partial charge >= 0.3 is 0 Å². The highest BCUT2D eigenvalue weighted by molar-refractivity contribution is 5.58. The zero-order valence-corrected chi connectivity index (χ0v) is 11.0. The molecule has 0 aliphatic heterocycles. The van der Waals surface area contributed by atoms with E-state index in [1.165, 1.54) is 0 Å². The standard InChI is InChI=1S/C15H17N3O/c1-11-9-13(12-3-7-16-8-4-12)18-14(17-11)15(10-19)5-2-6-15/h3-4,7-9,19H,2,5-6,10H2,1H3. The van der Waals surface area contributed by atoms with Crippen LogP contribution in [0.3, 0.4) is 0 Å². The van der Waals surface area contributed by atoms with Crippen LogP contribution < -0.4 is 0 Å². The Hall–Kier alpha value is -1.81. The molecule has 0 atom stereocenters. The first-order chi connectivity index (χ1) is 9.23. The van der Waals surface area contributed by atoms with E-state index in [4.69, 9.17) is 0 Å². The number of aliphatic hydroxyl groups excluding tert-OH is 1. The third-order valence-electron chi connectivity index (χ3n) is 3.92. The second-order valence-corrected chi connectivity index (χ2v) is 5.25. The van der Waals surface area contributed by atoms with Crippen LogP contribution in [-0.2, 0) is 5.41 Å². The Bertz CT molecular complexity index is 574. The Kier molecular flexibility index (Phi) is 3.03. The third-order valence-corrected chi connectivity index (χ3v) is 3.92. The summed E-state index contributed by atoms with van der Waals surface area (Å²) in [6.45, 7) is 2.10. The fourth-order valence-electron chi connectivity index (χ4n) is 2.53. The summed E-state index contributed by atoms with van der Waals surface area (Å²) in [5, 5.41) is 9.65. The Morgan fingerprint density at radius 1 is 1.21 bits per heavy atom. The number of nitrogens with zero attached hydrogens (tertiary/aromatic N) is 3. The van der Waals surface area contributed by atoms with E-state index in [1.807, 2.05) is 25.1 Å². The van der Waals surface area contributed by atoms with Crippen molar-refractivity contribution in [1.29, 1.82) is 0 Å². The lowest BCUT2D eigenvalue weighted by Gasteiger charge is -2.38. The van der Waals surface area contributed by atoms with Crippen LogP contribution in [-0.4, -0.2) is 26.7 Å². The molecule has 0 unspecified atom stereocenters. The molecule has 2 aromatic rings. The minimum atomic E-state index is -0.214. The quantitative estimate of drug-likeness (QED) is 0.914. The van der Waals surface area contributed by atoms with Gasteiger partial charge in [-0.15, -0.1) is 0 Å². The molecule has 1 aliphatic rings. The maximum atomic E-state index is 9.65. The van der Waals surface area contributed by atoms with E-state index in [1.54, 1.807) is 12.4 Å². The van der Waals surface area contributed by atoms with Crippen LogP contribution in [0.4, 0.5) is 0 Å². The molecular weight excluding hydrogens is 238 g/mol. The first-order valence-corrected chi connectivity index (χ1v) is 6.61. The van der Waals surface area contributed by atoms with Gasteiger partial charge in [0.1, 0.15) is 5.82 Å². The van der Waals surface area contributed by atoms with Crippen LogP contribution >= 0.6 is 0 Å². The molecule has 0 bridgehead atoms. The monoisotopic (exact) mass is 255 g/mol. The average Bonchev–Trinajstić information content (AvgIpc) is 2.39. The molecule has 4 nitrogen and oxygen atoms in total. The minimum Gasteiger partial charge on any atom is -0.395 e. The van der Waals surface area contributed by atoms with Crippen molar-refractivity contribution < 1.29 is 5.11 Å². The summed E-state index contributed by atoms with van der Waals surface area (Å²) in [4.78, 5) is 13.2. The molecule has 3 rings (SSSR count). The molecule has 1 fully saturated rings. The number of pyridine rings is 1. The Morgan fingerprint density at radius 2 is 1.95 bits per heavy atom. The second kappa shape index (κ2) is 4.70. The van der Waals surface area contributed by atoms with Gasteiger partial charge in [0.05, 0.1) is 17.7 Å². The average molecular weight is 255 g/mol. The molecule has 0 radical (unpaired) electrons. The largest absolute Gasteiger partial charge is 0.395 e. The molecule has 1 saturated carbocycles. The summed E-state index contributed by atoms with van der Waals surface area (Å²) < 4.78 is 0. The summed E-state index contributed by atoms with van der Waals surface area (Å²) in [6, 6.07) is 5.86. The van der Waals surface area contributed by atoms with Crippen LogP contribution in [0.15, 0.2) is 30.6 Å². The zero-order valence-electron chi connectivity index (χ0n) is 11.0. The third kappa shape index (κ3) is 2.12. The smallest absolute Gasteiger partial charge is 0.137 e. The minimum absolute atomic E-state index is 0.131. The Balaban J connectivity index is 2.06. The normalized spacial score (nSPS) is 16.9. The number of hydrogen-bond acceptors (Lipinski definition) is 4. The first-order valence-electron chi connectivity index (χ1n) is 6.61. The van der Waals surface area contributed by atoms with E-state index in [2.05, 4.69) is 15.0 Å². The topological polar surface area (TPSA) is 58.9 Å². The number of aromatic nitrogens is 3. The van der Waals surface area contributed by atoms with Crippen molar-refractivity contribution in [2.45, 2.75) is 31.6 Å². The summed E-state index contributed by atoms with van der Waals surface area (Å²) >= 11 is 0. The maximum Gasteiger partial charge on any atom is 0.137 e. The highest BCUT2D eigenvalue weighted by Gasteiger charge is 2.41. The van der Waals surface area contributed by atoms with Crippen LogP contribution in [0, 0.1) is 6.92 Å². The highest BCUT2D eigenvalue weighted by Crippen LogP contribution is 2.42. The summed E-state index contributed by atoms with van der Waals surface area (Å²) in [5.41, 5.74) is 2.67. The molecule has 0 amide bonds. The Morgan fingerprint density at radius 3 is 2.53 bits per heavy atom. The summed E-state index contributed by atoms with van der Waals surface area (Å²) in [6.07, 6.45) is 6.61. The number of aryl methyl sites for hydroxylation is 1. The molecule has 2 heterocycles. The van der Waals surface area contributed by atoms with Gasteiger partial charge < -0.3 is 5.11 Å². The van der Waals surface area contributed by atoms with Gasteiger partial charge in [0, 0.05) is 23.7 Å². The van der Waals surface area contributed by atoms with Crippen molar-refractivity contribution in [3.05, 3.63) is 42.1 Å². The lowest BCUT2D eigenvalue weighted by Crippen LogP contribution is -2.40. The van der Waals surface area contributed by atoms with E-state index in [9.17, 15) is 5.11 Å². The van der Waals surface area contributed by atoms with E-state index < -0.39 is 0 Å². The first kappa shape index (κ1) is 12.2. The molecular formula is C15H17N3O. The van der Waals surface area contributed by atoms with Crippen molar-refractivity contribution in [1.82, 2.24) is 15.0 Å². The summed E-state index contributed by atoms with van der Waals surface area (Å²) in [7, 11) is 0. The van der Waals surface area contributed by atoms with Crippen LogP contribution in [0.5, 0.6) is 0 Å². The highest BCUT2D eigenvalue weighted by atomic mass is 16.3. The fraction of sp³-hybridized carbons (Fsp3) is 0.400. The van der Waals surface area contributed by atoms with E-state index >= 15 is 0 Å². The Labute approximate surface area is 112 Å². The van der Waals surface area contributed by atoms with Gasteiger partial charge in [0.25, 0.3) is 0 Å². The summed E-state index contributed by atoms with van der Waals surface area (Å²) in [5.74, 6) is 0.785.